The molecule has 1 saturated carbocycles. The lowest BCUT2D eigenvalue weighted by Gasteiger charge is -2.28. The van der Waals surface area contributed by atoms with Crippen LogP contribution in [0.5, 0.6) is 0 Å². The molecule has 1 saturated heterocycles. The average Bonchev–Trinajstić information content (AvgIpc) is 3.58. The summed E-state index contributed by atoms with van der Waals surface area (Å²) in [5, 5.41) is 8.34. The summed E-state index contributed by atoms with van der Waals surface area (Å²) in [4.78, 5) is 15.5. The smallest absolute Gasteiger partial charge is 0.255 e. The number of benzene rings is 2. The largest absolute Gasteiger partial charge is 0.370 e. The number of halogens is 1. The lowest BCUT2D eigenvalue weighted by atomic mass is 10.1. The van der Waals surface area contributed by atoms with Crippen molar-refractivity contribution in [3.63, 3.8) is 0 Å². The molecule has 0 radical (unpaired) electrons. The van der Waals surface area contributed by atoms with Crippen LogP contribution in [0.1, 0.15) is 45.9 Å². The van der Waals surface area contributed by atoms with Crippen LogP contribution in [0.3, 0.4) is 0 Å². The van der Waals surface area contributed by atoms with Crippen LogP contribution in [0, 0.1) is 6.92 Å². The molecular formula is C25H27ClN4OS. The van der Waals surface area contributed by atoms with Crippen LogP contribution in [0.25, 0.3) is 5.69 Å². The minimum absolute atomic E-state index is 0.0755. The van der Waals surface area contributed by atoms with E-state index < -0.39 is 0 Å². The molecule has 0 unspecified atom stereocenters. The lowest BCUT2D eigenvalue weighted by Crippen LogP contribution is -2.32. The topological polar surface area (TPSA) is 50.2 Å². The SMILES string of the molecule is Cc1ccc(-n2ncc(C(=O)NCc3ccc(N4CCSCC4)cc3)c2C2CC2)cc1Cl. The van der Waals surface area contributed by atoms with Crippen molar-refractivity contribution in [3.05, 3.63) is 76.1 Å². The first kappa shape index (κ1) is 21.4. The number of rotatable bonds is 6. The van der Waals surface area contributed by atoms with Gasteiger partial charge in [-0.1, -0.05) is 29.8 Å². The summed E-state index contributed by atoms with van der Waals surface area (Å²) in [6, 6.07) is 14.4. The Labute approximate surface area is 198 Å². The third-order valence-electron chi connectivity index (χ3n) is 6.18. The molecular weight excluding hydrogens is 440 g/mol. The second-order valence-corrected chi connectivity index (χ2v) is 10.1. The monoisotopic (exact) mass is 466 g/mol. The van der Waals surface area contributed by atoms with E-state index in [1.807, 2.05) is 41.6 Å². The summed E-state index contributed by atoms with van der Waals surface area (Å²) in [5.74, 6) is 2.67. The van der Waals surface area contributed by atoms with Crippen LogP contribution in [0.15, 0.2) is 48.7 Å². The maximum Gasteiger partial charge on any atom is 0.255 e. The molecule has 2 heterocycles. The molecule has 1 aliphatic carbocycles. The van der Waals surface area contributed by atoms with E-state index in [0.29, 0.717) is 23.0 Å². The third-order valence-corrected chi connectivity index (χ3v) is 7.53. The predicted molar refractivity (Wildman–Crippen MR) is 132 cm³/mol. The van der Waals surface area contributed by atoms with Gasteiger partial charge in [-0.2, -0.15) is 16.9 Å². The zero-order valence-electron chi connectivity index (χ0n) is 18.2. The molecule has 2 fully saturated rings. The van der Waals surface area contributed by atoms with Crippen molar-refractivity contribution in [3.8, 4) is 5.69 Å². The van der Waals surface area contributed by atoms with E-state index in [4.69, 9.17) is 11.6 Å². The number of amides is 1. The van der Waals surface area contributed by atoms with Crippen molar-refractivity contribution < 1.29 is 4.79 Å². The van der Waals surface area contributed by atoms with Gasteiger partial charge >= 0.3 is 0 Å². The fourth-order valence-corrected chi connectivity index (χ4v) is 5.20. The van der Waals surface area contributed by atoms with Crippen LogP contribution in [-0.2, 0) is 6.54 Å². The second-order valence-electron chi connectivity index (χ2n) is 8.51. The average molecular weight is 467 g/mol. The summed E-state index contributed by atoms with van der Waals surface area (Å²) >= 11 is 8.35. The number of hydrogen-bond acceptors (Lipinski definition) is 4. The van der Waals surface area contributed by atoms with Crippen molar-refractivity contribution in [2.75, 3.05) is 29.5 Å². The second kappa shape index (κ2) is 9.20. The number of nitrogens with one attached hydrogen (secondary N) is 1. The van der Waals surface area contributed by atoms with Crippen molar-refractivity contribution in [2.24, 2.45) is 0 Å². The molecule has 5 nitrogen and oxygen atoms in total. The van der Waals surface area contributed by atoms with Crippen molar-refractivity contribution in [1.82, 2.24) is 15.1 Å². The Balaban J connectivity index is 1.29. The molecule has 2 aliphatic rings. The molecule has 1 aliphatic heterocycles. The van der Waals surface area contributed by atoms with Gasteiger partial charge in [0.2, 0.25) is 0 Å². The van der Waals surface area contributed by atoms with Gasteiger partial charge in [0, 0.05) is 47.8 Å². The van der Waals surface area contributed by atoms with Gasteiger partial charge in [0.05, 0.1) is 23.1 Å². The summed E-state index contributed by atoms with van der Waals surface area (Å²) < 4.78 is 1.88. The van der Waals surface area contributed by atoms with E-state index >= 15 is 0 Å². The van der Waals surface area contributed by atoms with E-state index in [2.05, 4.69) is 39.6 Å². The molecule has 1 aromatic heterocycles. The highest BCUT2D eigenvalue weighted by Crippen LogP contribution is 2.42. The fraction of sp³-hybridized carbons (Fsp3) is 0.360. The molecule has 0 atom stereocenters. The maximum absolute atomic E-state index is 13.0. The summed E-state index contributed by atoms with van der Waals surface area (Å²) in [5.41, 5.74) is 5.92. The zero-order valence-corrected chi connectivity index (χ0v) is 19.8. The molecule has 3 aromatic rings. The number of carbonyl (C=O) groups is 1. The number of anilines is 1. The molecule has 1 amide bonds. The van der Waals surface area contributed by atoms with Gasteiger partial charge in [0.25, 0.3) is 5.91 Å². The normalized spacial score (nSPS) is 16.2. The van der Waals surface area contributed by atoms with Crippen LogP contribution < -0.4 is 10.2 Å². The standard InChI is InChI=1S/C25H27ClN4OS/c1-17-2-7-21(14-23(17)26)30-24(19-5-6-19)22(16-28-30)25(31)27-15-18-3-8-20(9-4-18)29-10-12-32-13-11-29/h2-4,7-9,14,16,19H,5-6,10-13,15H2,1H3,(H,27,31). The Hall–Kier alpha value is -2.44. The molecule has 0 bridgehead atoms. The Kier molecular flexibility index (Phi) is 6.15. The molecule has 1 N–H and O–H groups in total. The maximum atomic E-state index is 13.0. The number of thioether (sulfide) groups is 1. The van der Waals surface area contributed by atoms with Crippen LogP contribution >= 0.6 is 23.4 Å². The number of hydrogen-bond donors (Lipinski definition) is 1. The van der Waals surface area contributed by atoms with Gasteiger partial charge in [0.15, 0.2) is 0 Å². The summed E-state index contributed by atoms with van der Waals surface area (Å²) in [7, 11) is 0. The molecule has 166 valence electrons. The summed E-state index contributed by atoms with van der Waals surface area (Å²) in [6.45, 7) is 4.68. The highest BCUT2D eigenvalue weighted by atomic mass is 35.5. The minimum Gasteiger partial charge on any atom is -0.370 e. The first-order chi connectivity index (χ1) is 15.6. The number of aryl methyl sites for hydroxylation is 1. The molecule has 5 rings (SSSR count). The Morgan fingerprint density at radius 1 is 1.12 bits per heavy atom. The zero-order chi connectivity index (χ0) is 22.1. The number of nitrogens with zero attached hydrogens (tertiary/aromatic N) is 3. The highest BCUT2D eigenvalue weighted by molar-refractivity contribution is 7.99. The Morgan fingerprint density at radius 3 is 2.53 bits per heavy atom. The highest BCUT2D eigenvalue weighted by Gasteiger charge is 2.33. The van der Waals surface area contributed by atoms with Gasteiger partial charge in [-0.15, -0.1) is 0 Å². The molecule has 32 heavy (non-hydrogen) atoms. The van der Waals surface area contributed by atoms with Crippen molar-refractivity contribution in [1.29, 1.82) is 0 Å². The van der Waals surface area contributed by atoms with Crippen LogP contribution in [-0.4, -0.2) is 40.3 Å². The van der Waals surface area contributed by atoms with Gasteiger partial charge in [0.1, 0.15) is 0 Å². The van der Waals surface area contributed by atoms with Gasteiger partial charge < -0.3 is 10.2 Å². The van der Waals surface area contributed by atoms with E-state index in [1.54, 1.807) is 6.20 Å². The van der Waals surface area contributed by atoms with Crippen molar-refractivity contribution in [2.45, 2.75) is 32.2 Å². The van der Waals surface area contributed by atoms with Crippen LogP contribution in [0.4, 0.5) is 5.69 Å². The quantitative estimate of drug-likeness (QED) is 0.542. The molecule has 0 spiro atoms. The van der Waals surface area contributed by atoms with Crippen LogP contribution in [0.2, 0.25) is 5.02 Å². The van der Waals surface area contributed by atoms with Gasteiger partial charge in [-0.25, -0.2) is 4.68 Å². The van der Waals surface area contributed by atoms with E-state index in [0.717, 1.165) is 48.4 Å². The first-order valence-corrected chi connectivity index (χ1v) is 12.7. The first-order valence-electron chi connectivity index (χ1n) is 11.1. The van der Waals surface area contributed by atoms with E-state index in [1.165, 1.54) is 17.2 Å². The Morgan fingerprint density at radius 2 is 1.84 bits per heavy atom. The third kappa shape index (κ3) is 4.52. The number of carbonyl (C=O) groups excluding carboxylic acids is 1. The van der Waals surface area contributed by atoms with E-state index in [-0.39, 0.29) is 5.91 Å². The minimum atomic E-state index is -0.0755. The van der Waals surface area contributed by atoms with Gasteiger partial charge in [-0.3, -0.25) is 4.79 Å². The molecule has 7 heteroatoms. The van der Waals surface area contributed by atoms with Crippen molar-refractivity contribution >= 4 is 35.0 Å². The predicted octanol–water partition coefficient (Wildman–Crippen LogP) is 5.19. The number of aromatic nitrogens is 2. The van der Waals surface area contributed by atoms with Gasteiger partial charge in [-0.05, 0) is 55.2 Å². The fourth-order valence-electron chi connectivity index (χ4n) is 4.13. The van der Waals surface area contributed by atoms with E-state index in [9.17, 15) is 4.79 Å². The lowest BCUT2D eigenvalue weighted by molar-refractivity contribution is 0.0950. The molecule has 2 aromatic carbocycles. The Bertz CT molecular complexity index is 1120. The summed E-state index contributed by atoms with van der Waals surface area (Å²) in [6.07, 6.45) is 3.86.